The van der Waals surface area contributed by atoms with E-state index in [4.69, 9.17) is 0 Å². The molecule has 1 aliphatic carbocycles. The number of halogens is 1. The van der Waals surface area contributed by atoms with Gasteiger partial charge in [-0.15, -0.1) is 0 Å². The van der Waals surface area contributed by atoms with E-state index in [1.165, 1.54) is 17.0 Å². The Labute approximate surface area is 165 Å². The highest BCUT2D eigenvalue weighted by Crippen LogP contribution is 2.46. The molecule has 1 saturated heterocycles. The van der Waals surface area contributed by atoms with E-state index in [-0.39, 0.29) is 36.1 Å². The Morgan fingerprint density at radius 2 is 2.04 bits per heavy atom. The van der Waals surface area contributed by atoms with Crippen molar-refractivity contribution in [2.24, 2.45) is 11.3 Å². The molecule has 1 aromatic carbocycles. The molecule has 2 aliphatic rings. The quantitative estimate of drug-likeness (QED) is 0.805. The van der Waals surface area contributed by atoms with Crippen LogP contribution in [-0.2, 0) is 16.1 Å². The first-order chi connectivity index (χ1) is 13.0. The summed E-state index contributed by atoms with van der Waals surface area (Å²) in [6.45, 7) is 6.18. The lowest BCUT2D eigenvalue weighted by Crippen LogP contribution is -2.54. The molecule has 4 amide bonds. The van der Waals surface area contributed by atoms with E-state index in [1.807, 2.05) is 0 Å². The number of imide groups is 1. The Morgan fingerprint density at radius 3 is 2.68 bits per heavy atom. The van der Waals surface area contributed by atoms with Crippen molar-refractivity contribution >= 4 is 17.8 Å². The first-order valence-corrected chi connectivity index (χ1v) is 9.64. The Morgan fingerprint density at radius 1 is 1.32 bits per heavy atom. The van der Waals surface area contributed by atoms with Gasteiger partial charge in [-0.1, -0.05) is 32.9 Å². The number of rotatable bonds is 4. The molecular formula is C21H28FN3O3. The fourth-order valence-electron chi connectivity index (χ4n) is 4.90. The summed E-state index contributed by atoms with van der Waals surface area (Å²) in [6, 6.07) is 5.49. The molecule has 2 fully saturated rings. The first-order valence-electron chi connectivity index (χ1n) is 9.64. The van der Waals surface area contributed by atoms with Crippen LogP contribution in [0.2, 0.25) is 0 Å². The summed E-state index contributed by atoms with van der Waals surface area (Å²) in [5, 5.41) is 2.87. The molecule has 1 spiro atoms. The van der Waals surface area contributed by atoms with Crippen LogP contribution in [0.3, 0.4) is 0 Å². The Balaban J connectivity index is 1.69. The average molecular weight is 389 g/mol. The molecule has 2 unspecified atom stereocenters. The van der Waals surface area contributed by atoms with Crippen molar-refractivity contribution in [3.8, 4) is 0 Å². The maximum Gasteiger partial charge on any atom is 0.325 e. The smallest absolute Gasteiger partial charge is 0.325 e. The van der Waals surface area contributed by atoms with E-state index >= 15 is 0 Å². The third-order valence-corrected chi connectivity index (χ3v) is 5.65. The minimum atomic E-state index is -0.917. The average Bonchev–Trinajstić information content (AvgIpc) is 2.76. The lowest BCUT2D eigenvalue weighted by molar-refractivity contribution is -0.140. The highest BCUT2D eigenvalue weighted by molar-refractivity contribution is 6.09. The summed E-state index contributed by atoms with van der Waals surface area (Å²) in [4.78, 5) is 40.6. The number of nitrogens with one attached hydrogen (secondary N) is 1. The number of hydrogen-bond donors (Lipinski definition) is 1. The minimum absolute atomic E-state index is 0.0607. The van der Waals surface area contributed by atoms with Gasteiger partial charge in [-0.25, -0.2) is 9.18 Å². The van der Waals surface area contributed by atoms with E-state index in [9.17, 15) is 18.8 Å². The van der Waals surface area contributed by atoms with Gasteiger partial charge in [0.05, 0.1) is 0 Å². The van der Waals surface area contributed by atoms with Crippen LogP contribution in [0.4, 0.5) is 9.18 Å². The second kappa shape index (κ2) is 7.18. The Bertz CT molecular complexity index is 810. The molecule has 6 nitrogen and oxygen atoms in total. The van der Waals surface area contributed by atoms with E-state index in [0.29, 0.717) is 24.3 Å². The second-order valence-electron chi connectivity index (χ2n) is 9.14. The normalized spacial score (nSPS) is 26.5. The second-order valence-corrected chi connectivity index (χ2v) is 9.14. The largest absolute Gasteiger partial charge is 0.340 e. The van der Waals surface area contributed by atoms with Crippen LogP contribution in [0.1, 0.15) is 45.6 Å². The highest BCUT2D eigenvalue weighted by Gasteiger charge is 2.56. The van der Waals surface area contributed by atoms with Crippen molar-refractivity contribution in [2.75, 3.05) is 13.6 Å². The number of nitrogens with zero attached hydrogens (tertiary/aromatic N) is 2. The van der Waals surface area contributed by atoms with Gasteiger partial charge in [0.15, 0.2) is 0 Å². The first kappa shape index (κ1) is 20.3. The van der Waals surface area contributed by atoms with Crippen LogP contribution in [0.25, 0.3) is 0 Å². The predicted octanol–water partition coefficient (Wildman–Crippen LogP) is 2.92. The van der Waals surface area contributed by atoms with E-state index in [0.717, 1.165) is 11.3 Å². The van der Waals surface area contributed by atoms with Crippen molar-refractivity contribution in [3.05, 3.63) is 35.6 Å². The molecule has 28 heavy (non-hydrogen) atoms. The van der Waals surface area contributed by atoms with Crippen LogP contribution in [0.5, 0.6) is 0 Å². The maximum absolute atomic E-state index is 13.3. The summed E-state index contributed by atoms with van der Waals surface area (Å²) in [7, 11) is 1.58. The molecule has 2 atom stereocenters. The molecule has 0 aromatic heterocycles. The van der Waals surface area contributed by atoms with Gasteiger partial charge in [0, 0.05) is 13.6 Å². The standard InChI is InChI=1S/C21H28FN3O3/c1-14-9-20(2,3)13-21(10-14)18(27)25(19(28)23-21)12-17(26)24(4)11-15-6-5-7-16(22)8-15/h5-8,14H,9-13H2,1-4H3,(H,23,28). The molecule has 3 rings (SSSR count). The minimum Gasteiger partial charge on any atom is -0.340 e. The van der Waals surface area contributed by atoms with Crippen LogP contribution in [0, 0.1) is 17.2 Å². The van der Waals surface area contributed by atoms with Crippen LogP contribution in [-0.4, -0.2) is 46.8 Å². The summed E-state index contributed by atoms with van der Waals surface area (Å²) in [6.07, 6.45) is 2.15. The van der Waals surface area contributed by atoms with Crippen molar-refractivity contribution in [2.45, 2.75) is 52.1 Å². The van der Waals surface area contributed by atoms with E-state index in [2.05, 4.69) is 26.1 Å². The fraction of sp³-hybridized carbons (Fsp3) is 0.571. The van der Waals surface area contributed by atoms with Gasteiger partial charge in [-0.2, -0.15) is 0 Å². The lowest BCUT2D eigenvalue weighted by Gasteiger charge is -2.43. The number of hydrogen-bond acceptors (Lipinski definition) is 3. The summed E-state index contributed by atoms with van der Waals surface area (Å²) < 4.78 is 13.3. The highest BCUT2D eigenvalue weighted by atomic mass is 19.1. The lowest BCUT2D eigenvalue weighted by atomic mass is 9.64. The molecule has 1 saturated carbocycles. The Kier molecular flexibility index (Phi) is 5.21. The zero-order chi connectivity index (χ0) is 20.7. The number of benzene rings is 1. The third kappa shape index (κ3) is 4.03. The molecule has 1 aliphatic heterocycles. The SMILES string of the molecule is CC1CC(C)(C)CC2(C1)NC(=O)N(CC(=O)N(C)Cc1cccc(F)c1)C2=O. The summed E-state index contributed by atoms with van der Waals surface area (Å²) in [5.41, 5.74) is -0.332. The summed E-state index contributed by atoms with van der Waals surface area (Å²) >= 11 is 0. The molecule has 7 heteroatoms. The molecular weight excluding hydrogens is 361 g/mol. The van der Waals surface area contributed by atoms with Gasteiger partial charge in [0.2, 0.25) is 5.91 Å². The fourth-order valence-corrected chi connectivity index (χ4v) is 4.90. The predicted molar refractivity (Wildman–Crippen MR) is 103 cm³/mol. The molecule has 1 N–H and O–H groups in total. The van der Waals surface area contributed by atoms with E-state index < -0.39 is 11.6 Å². The Hall–Kier alpha value is -2.44. The number of carbonyl (C=O) groups excluding carboxylic acids is 3. The van der Waals surface area contributed by atoms with Crippen molar-refractivity contribution in [1.82, 2.24) is 15.1 Å². The van der Waals surface area contributed by atoms with Gasteiger partial charge in [-0.05, 0) is 48.3 Å². The van der Waals surface area contributed by atoms with Crippen molar-refractivity contribution < 1.29 is 18.8 Å². The van der Waals surface area contributed by atoms with Gasteiger partial charge in [0.1, 0.15) is 17.9 Å². The molecule has 0 radical (unpaired) electrons. The molecule has 1 heterocycles. The van der Waals surface area contributed by atoms with Gasteiger partial charge >= 0.3 is 6.03 Å². The van der Waals surface area contributed by atoms with Crippen molar-refractivity contribution in [1.29, 1.82) is 0 Å². The summed E-state index contributed by atoms with van der Waals surface area (Å²) in [5.74, 6) is -0.750. The van der Waals surface area contributed by atoms with Crippen LogP contribution in [0.15, 0.2) is 24.3 Å². The molecule has 152 valence electrons. The third-order valence-electron chi connectivity index (χ3n) is 5.65. The van der Waals surface area contributed by atoms with Gasteiger partial charge < -0.3 is 10.2 Å². The number of amides is 4. The van der Waals surface area contributed by atoms with Crippen LogP contribution >= 0.6 is 0 Å². The van der Waals surface area contributed by atoms with Gasteiger partial charge in [0.25, 0.3) is 5.91 Å². The molecule has 0 bridgehead atoms. The zero-order valence-electron chi connectivity index (χ0n) is 16.9. The van der Waals surface area contributed by atoms with E-state index in [1.54, 1.807) is 19.2 Å². The monoisotopic (exact) mass is 389 g/mol. The zero-order valence-corrected chi connectivity index (χ0v) is 16.9. The van der Waals surface area contributed by atoms with Gasteiger partial charge in [-0.3, -0.25) is 14.5 Å². The number of carbonyl (C=O) groups is 3. The van der Waals surface area contributed by atoms with Crippen molar-refractivity contribution in [3.63, 3.8) is 0 Å². The number of urea groups is 1. The number of likely N-dealkylation sites (N-methyl/N-ethyl adjacent to an activating group) is 1. The van der Waals surface area contributed by atoms with Crippen LogP contribution < -0.4 is 5.32 Å². The topological polar surface area (TPSA) is 69.7 Å². The molecule has 1 aromatic rings. The maximum atomic E-state index is 13.3.